The summed E-state index contributed by atoms with van der Waals surface area (Å²) in [7, 11) is 0. The minimum absolute atomic E-state index is 0.358. The van der Waals surface area contributed by atoms with Crippen molar-refractivity contribution in [2.45, 2.75) is 6.36 Å². The number of nitrogen functional groups attached to an aromatic ring is 1. The first-order chi connectivity index (χ1) is 6.83. The molecule has 0 radical (unpaired) electrons. The number of hydrogen-bond acceptors (Lipinski definition) is 5. The van der Waals surface area contributed by atoms with Gasteiger partial charge in [0.15, 0.2) is 17.2 Å². The number of rotatable bonds is 1. The number of nitriles is 1. The molecule has 0 aromatic carbocycles. The molecule has 0 saturated carbocycles. The SMILES string of the molecule is N#Cc1nc(N)cc(OC(F)(F)F)c1O. The molecule has 3 N–H and O–H groups in total. The predicted octanol–water partition coefficient (Wildman–Crippen LogP) is 1.14. The molecule has 0 saturated heterocycles. The van der Waals surface area contributed by atoms with Crippen molar-refractivity contribution in [3.63, 3.8) is 0 Å². The van der Waals surface area contributed by atoms with Gasteiger partial charge in [0, 0.05) is 6.07 Å². The van der Waals surface area contributed by atoms with Crippen LogP contribution in [0.5, 0.6) is 11.5 Å². The van der Waals surface area contributed by atoms with Gasteiger partial charge in [-0.05, 0) is 0 Å². The molecule has 0 aliphatic carbocycles. The average molecular weight is 219 g/mol. The van der Waals surface area contributed by atoms with Gasteiger partial charge in [0.1, 0.15) is 11.9 Å². The summed E-state index contributed by atoms with van der Waals surface area (Å²) in [6.07, 6.45) is -4.97. The molecular weight excluding hydrogens is 215 g/mol. The minimum atomic E-state index is -4.97. The summed E-state index contributed by atoms with van der Waals surface area (Å²) in [6.45, 7) is 0. The Morgan fingerprint density at radius 3 is 2.60 bits per heavy atom. The van der Waals surface area contributed by atoms with E-state index in [1.54, 1.807) is 0 Å². The number of nitrogens with two attached hydrogens (primary N) is 1. The summed E-state index contributed by atoms with van der Waals surface area (Å²) in [5.41, 5.74) is 4.47. The second kappa shape index (κ2) is 3.53. The molecule has 0 aliphatic heterocycles. The van der Waals surface area contributed by atoms with E-state index in [4.69, 9.17) is 16.1 Å². The van der Waals surface area contributed by atoms with E-state index in [2.05, 4.69) is 9.72 Å². The van der Waals surface area contributed by atoms with E-state index in [9.17, 15) is 13.2 Å². The third-order valence-electron chi connectivity index (χ3n) is 1.31. The summed E-state index contributed by atoms with van der Waals surface area (Å²) in [5, 5.41) is 17.5. The van der Waals surface area contributed by atoms with Gasteiger partial charge in [-0.25, -0.2) is 4.98 Å². The maximum atomic E-state index is 11.8. The van der Waals surface area contributed by atoms with Gasteiger partial charge in [-0.2, -0.15) is 5.26 Å². The molecule has 0 spiro atoms. The van der Waals surface area contributed by atoms with Gasteiger partial charge in [0.2, 0.25) is 0 Å². The van der Waals surface area contributed by atoms with Gasteiger partial charge in [0.25, 0.3) is 0 Å². The van der Waals surface area contributed by atoms with Crippen molar-refractivity contribution in [1.29, 1.82) is 5.26 Å². The zero-order valence-corrected chi connectivity index (χ0v) is 7.04. The van der Waals surface area contributed by atoms with Crippen LogP contribution in [0.25, 0.3) is 0 Å². The Labute approximate surface area is 81.5 Å². The van der Waals surface area contributed by atoms with Crippen molar-refractivity contribution in [2.24, 2.45) is 0 Å². The van der Waals surface area contributed by atoms with Gasteiger partial charge in [-0.15, -0.1) is 13.2 Å². The normalized spacial score (nSPS) is 10.8. The molecular formula is C7H4F3N3O2. The van der Waals surface area contributed by atoms with E-state index >= 15 is 0 Å². The van der Waals surface area contributed by atoms with Crippen LogP contribution in [0.4, 0.5) is 19.0 Å². The molecule has 1 aromatic heterocycles. The number of hydrogen-bond donors (Lipinski definition) is 2. The fourth-order valence-corrected chi connectivity index (χ4v) is 0.814. The number of ether oxygens (including phenoxy) is 1. The Morgan fingerprint density at radius 1 is 1.53 bits per heavy atom. The van der Waals surface area contributed by atoms with Crippen LogP contribution in [-0.2, 0) is 0 Å². The summed E-state index contributed by atoms with van der Waals surface area (Å²) in [5.74, 6) is -2.31. The number of alkyl halides is 3. The maximum absolute atomic E-state index is 11.8. The zero-order valence-electron chi connectivity index (χ0n) is 7.04. The van der Waals surface area contributed by atoms with Gasteiger partial charge in [0.05, 0.1) is 0 Å². The van der Waals surface area contributed by atoms with Crippen molar-refractivity contribution >= 4 is 5.82 Å². The molecule has 5 nitrogen and oxygen atoms in total. The van der Waals surface area contributed by atoms with E-state index < -0.39 is 23.6 Å². The van der Waals surface area contributed by atoms with Crippen LogP contribution < -0.4 is 10.5 Å². The number of halogens is 3. The smallest absolute Gasteiger partial charge is 0.502 e. The van der Waals surface area contributed by atoms with Crippen molar-refractivity contribution in [1.82, 2.24) is 4.98 Å². The van der Waals surface area contributed by atoms with Crippen LogP contribution in [0, 0.1) is 11.3 Å². The second-order valence-electron chi connectivity index (χ2n) is 2.40. The Balaban J connectivity index is 3.20. The summed E-state index contributed by atoms with van der Waals surface area (Å²) in [4.78, 5) is 3.30. The number of nitrogens with zero attached hydrogens (tertiary/aromatic N) is 2. The van der Waals surface area contributed by atoms with Crippen molar-refractivity contribution < 1.29 is 23.0 Å². The molecule has 80 valence electrons. The van der Waals surface area contributed by atoms with Crippen molar-refractivity contribution in [3.8, 4) is 17.6 Å². The third-order valence-corrected chi connectivity index (χ3v) is 1.31. The Hall–Kier alpha value is -2.17. The highest BCUT2D eigenvalue weighted by Gasteiger charge is 2.33. The summed E-state index contributed by atoms with van der Waals surface area (Å²) >= 11 is 0. The molecule has 0 amide bonds. The van der Waals surface area contributed by atoms with Gasteiger partial charge >= 0.3 is 6.36 Å². The summed E-state index contributed by atoms with van der Waals surface area (Å²) in [6, 6.07) is 2.04. The van der Waals surface area contributed by atoms with Gasteiger partial charge < -0.3 is 15.6 Å². The van der Waals surface area contributed by atoms with Crippen LogP contribution in [0.3, 0.4) is 0 Å². The van der Waals surface area contributed by atoms with Crippen LogP contribution >= 0.6 is 0 Å². The molecule has 0 bridgehead atoms. The van der Waals surface area contributed by atoms with Gasteiger partial charge in [-0.1, -0.05) is 0 Å². The molecule has 0 aliphatic rings. The highest BCUT2D eigenvalue weighted by atomic mass is 19.4. The number of anilines is 1. The lowest BCUT2D eigenvalue weighted by Crippen LogP contribution is -2.17. The van der Waals surface area contributed by atoms with E-state index in [1.165, 1.54) is 6.07 Å². The monoisotopic (exact) mass is 219 g/mol. The van der Waals surface area contributed by atoms with Crippen molar-refractivity contribution in [2.75, 3.05) is 5.73 Å². The van der Waals surface area contributed by atoms with E-state index in [-0.39, 0.29) is 5.82 Å². The third kappa shape index (κ3) is 2.63. The molecule has 1 aromatic rings. The molecule has 0 atom stereocenters. The largest absolute Gasteiger partial charge is 0.573 e. The second-order valence-corrected chi connectivity index (χ2v) is 2.40. The number of aromatic nitrogens is 1. The van der Waals surface area contributed by atoms with E-state index in [0.29, 0.717) is 6.07 Å². The molecule has 8 heteroatoms. The Morgan fingerprint density at radius 2 is 2.13 bits per heavy atom. The standard InChI is InChI=1S/C7H4F3N3O2/c8-7(9,10)15-4-1-5(12)13-3(2-11)6(4)14/h1,14H,(H2,12,13). The van der Waals surface area contributed by atoms with E-state index in [1.807, 2.05) is 0 Å². The molecule has 0 fully saturated rings. The van der Waals surface area contributed by atoms with Gasteiger partial charge in [-0.3, -0.25) is 0 Å². The van der Waals surface area contributed by atoms with Crippen LogP contribution in [0.1, 0.15) is 5.69 Å². The fraction of sp³-hybridized carbons (Fsp3) is 0.143. The minimum Gasteiger partial charge on any atom is -0.502 e. The first-order valence-electron chi connectivity index (χ1n) is 3.49. The van der Waals surface area contributed by atoms with Crippen molar-refractivity contribution in [3.05, 3.63) is 11.8 Å². The Kier molecular flexibility index (Phi) is 2.57. The highest BCUT2D eigenvalue weighted by Crippen LogP contribution is 2.34. The van der Waals surface area contributed by atoms with Crippen LogP contribution in [0.15, 0.2) is 6.07 Å². The van der Waals surface area contributed by atoms with Crippen LogP contribution in [-0.4, -0.2) is 16.5 Å². The fourth-order valence-electron chi connectivity index (χ4n) is 0.814. The highest BCUT2D eigenvalue weighted by molar-refractivity contribution is 5.53. The molecule has 1 rings (SSSR count). The number of pyridine rings is 1. The first-order valence-corrected chi connectivity index (χ1v) is 3.49. The Bertz CT molecular complexity index is 425. The number of aromatic hydroxyl groups is 1. The zero-order chi connectivity index (χ0) is 11.6. The molecule has 1 heterocycles. The maximum Gasteiger partial charge on any atom is 0.573 e. The quantitative estimate of drug-likeness (QED) is 0.738. The lowest BCUT2D eigenvalue weighted by Gasteiger charge is -2.10. The van der Waals surface area contributed by atoms with E-state index in [0.717, 1.165) is 0 Å². The average Bonchev–Trinajstić information content (AvgIpc) is 2.08. The van der Waals surface area contributed by atoms with Crippen LogP contribution in [0.2, 0.25) is 0 Å². The predicted molar refractivity (Wildman–Crippen MR) is 41.7 cm³/mol. The topological polar surface area (TPSA) is 92.2 Å². The summed E-state index contributed by atoms with van der Waals surface area (Å²) < 4.78 is 38.9. The first kappa shape index (κ1) is 10.9. The lowest BCUT2D eigenvalue weighted by atomic mass is 10.3. The molecule has 0 unspecified atom stereocenters. The molecule has 15 heavy (non-hydrogen) atoms. The lowest BCUT2D eigenvalue weighted by molar-refractivity contribution is -0.275.